The molecule has 0 radical (unpaired) electrons. The summed E-state index contributed by atoms with van der Waals surface area (Å²) in [4.78, 5) is 44.0. The van der Waals surface area contributed by atoms with Crippen LogP contribution in [-0.4, -0.2) is 50.9 Å². The molecule has 1 saturated heterocycles. The number of benzene rings is 3. The Balaban J connectivity index is 1.36. The number of para-hydroxylation sites is 2. The van der Waals surface area contributed by atoms with Gasteiger partial charge in [0.05, 0.1) is 16.6 Å². The first kappa shape index (κ1) is 24.8. The first-order valence-corrected chi connectivity index (χ1v) is 12.8. The zero-order chi connectivity index (χ0) is 26.2. The van der Waals surface area contributed by atoms with Crippen molar-refractivity contribution in [2.24, 2.45) is 5.73 Å². The molecular weight excluding hydrogens is 466 g/mol. The van der Waals surface area contributed by atoms with Gasteiger partial charge in [-0.15, -0.1) is 0 Å². The second kappa shape index (κ2) is 9.86. The van der Waals surface area contributed by atoms with E-state index >= 15 is 0 Å². The molecule has 2 amide bonds. The molecule has 8 nitrogen and oxygen atoms in total. The number of imidazole rings is 1. The Hall–Kier alpha value is -3.91. The third-order valence-electron chi connectivity index (χ3n) is 7.26. The number of carbonyl (C=O) groups excluding carboxylic acids is 2. The molecule has 1 fully saturated rings. The Morgan fingerprint density at radius 3 is 2.46 bits per heavy atom. The number of fused-ring (bicyclic) bond motifs is 2. The van der Waals surface area contributed by atoms with Gasteiger partial charge in [0.1, 0.15) is 6.04 Å². The van der Waals surface area contributed by atoms with Crippen LogP contribution >= 0.6 is 0 Å². The van der Waals surface area contributed by atoms with Gasteiger partial charge in [0.2, 0.25) is 11.8 Å². The largest absolute Gasteiger partial charge is 0.342 e. The number of piperidine rings is 1. The van der Waals surface area contributed by atoms with Crippen LogP contribution in [0.5, 0.6) is 0 Å². The molecular formula is C29H33N5O3. The minimum atomic E-state index is -1.11. The van der Waals surface area contributed by atoms with Crippen LogP contribution in [0.3, 0.4) is 0 Å². The highest BCUT2D eigenvalue weighted by Crippen LogP contribution is 2.26. The predicted molar refractivity (Wildman–Crippen MR) is 145 cm³/mol. The van der Waals surface area contributed by atoms with Gasteiger partial charge in [0, 0.05) is 25.6 Å². The average Bonchev–Trinajstić information content (AvgIpc) is 3.23. The van der Waals surface area contributed by atoms with Crippen molar-refractivity contribution in [2.75, 3.05) is 13.1 Å². The molecule has 0 bridgehead atoms. The van der Waals surface area contributed by atoms with E-state index in [0.29, 0.717) is 32.4 Å². The summed E-state index contributed by atoms with van der Waals surface area (Å²) in [7, 11) is 0. The maximum absolute atomic E-state index is 13.8. The Bertz CT molecular complexity index is 1500. The lowest BCUT2D eigenvalue weighted by atomic mass is 9.96. The molecule has 0 aliphatic carbocycles. The van der Waals surface area contributed by atoms with Crippen molar-refractivity contribution >= 4 is 33.6 Å². The van der Waals surface area contributed by atoms with E-state index in [1.54, 1.807) is 18.7 Å². The summed E-state index contributed by atoms with van der Waals surface area (Å²) < 4.78 is 1.81. The Labute approximate surface area is 215 Å². The Kier molecular flexibility index (Phi) is 6.60. The summed E-state index contributed by atoms with van der Waals surface area (Å²) in [6, 6.07) is 20.9. The number of carbonyl (C=O) groups is 2. The molecule has 4 N–H and O–H groups in total. The number of rotatable bonds is 6. The van der Waals surface area contributed by atoms with Crippen LogP contribution < -0.4 is 16.7 Å². The van der Waals surface area contributed by atoms with E-state index in [4.69, 9.17) is 5.73 Å². The second-order valence-corrected chi connectivity index (χ2v) is 10.5. The van der Waals surface area contributed by atoms with Gasteiger partial charge in [-0.3, -0.25) is 14.2 Å². The molecule has 1 aromatic heterocycles. The number of nitrogens with one attached hydrogen (secondary N) is 2. The van der Waals surface area contributed by atoms with Crippen LogP contribution in [-0.2, 0) is 16.0 Å². The van der Waals surface area contributed by atoms with E-state index in [0.717, 1.165) is 27.4 Å². The van der Waals surface area contributed by atoms with Gasteiger partial charge in [-0.05, 0) is 55.2 Å². The summed E-state index contributed by atoms with van der Waals surface area (Å²) in [5.41, 5.74) is 7.50. The summed E-state index contributed by atoms with van der Waals surface area (Å²) in [5, 5.41) is 5.07. The third-order valence-corrected chi connectivity index (χ3v) is 7.26. The first-order valence-electron chi connectivity index (χ1n) is 12.8. The first-order chi connectivity index (χ1) is 17.7. The van der Waals surface area contributed by atoms with Gasteiger partial charge >= 0.3 is 5.69 Å². The summed E-state index contributed by atoms with van der Waals surface area (Å²) in [5.74, 6) is -0.499. The highest BCUT2D eigenvalue weighted by molar-refractivity contribution is 5.93. The van der Waals surface area contributed by atoms with E-state index in [1.807, 2.05) is 71.3 Å². The molecule has 192 valence electrons. The molecule has 3 aromatic carbocycles. The van der Waals surface area contributed by atoms with Gasteiger partial charge in [-0.2, -0.15) is 0 Å². The standard InChI is InChI=1S/C29H33N5O3/c1-29(2,30)27(36)31-24(18-20-10-7-9-19-8-3-4-11-22(19)20)26(35)33-16-14-21(15-17-33)34-25-13-6-5-12-23(25)32-28(34)37/h3-13,21,24H,14-18,30H2,1-2H3,(H,31,36)(H,32,37)/t24-/m1/s1. The van der Waals surface area contributed by atoms with Gasteiger partial charge in [0.25, 0.3) is 0 Å². The van der Waals surface area contributed by atoms with E-state index < -0.39 is 11.6 Å². The monoisotopic (exact) mass is 499 g/mol. The molecule has 0 saturated carbocycles. The summed E-state index contributed by atoms with van der Waals surface area (Å²) in [6.45, 7) is 4.27. The van der Waals surface area contributed by atoms with E-state index in [2.05, 4.69) is 10.3 Å². The molecule has 1 aliphatic rings. The summed E-state index contributed by atoms with van der Waals surface area (Å²) in [6.07, 6.45) is 1.68. The topological polar surface area (TPSA) is 113 Å². The van der Waals surface area contributed by atoms with E-state index in [9.17, 15) is 14.4 Å². The van der Waals surface area contributed by atoms with Crippen molar-refractivity contribution in [1.29, 1.82) is 0 Å². The van der Waals surface area contributed by atoms with E-state index in [-0.39, 0.29) is 23.5 Å². The Morgan fingerprint density at radius 1 is 1.03 bits per heavy atom. The van der Waals surface area contributed by atoms with Crippen LogP contribution in [0.2, 0.25) is 0 Å². The number of aromatic amines is 1. The lowest BCUT2D eigenvalue weighted by Crippen LogP contribution is -2.57. The van der Waals surface area contributed by atoms with Crippen LogP contribution in [0, 0.1) is 0 Å². The van der Waals surface area contributed by atoms with Crippen molar-refractivity contribution in [2.45, 2.75) is 50.7 Å². The predicted octanol–water partition coefficient (Wildman–Crippen LogP) is 3.11. The van der Waals surface area contributed by atoms with Gasteiger partial charge in [-0.1, -0.05) is 54.6 Å². The molecule has 0 spiro atoms. The lowest BCUT2D eigenvalue weighted by molar-refractivity contribution is -0.138. The third kappa shape index (κ3) is 5.02. The number of nitrogens with two attached hydrogens (primary N) is 1. The zero-order valence-corrected chi connectivity index (χ0v) is 21.2. The van der Waals surface area contributed by atoms with Crippen molar-refractivity contribution in [1.82, 2.24) is 19.8 Å². The minimum absolute atomic E-state index is 0.00165. The second-order valence-electron chi connectivity index (χ2n) is 10.5. The molecule has 1 atom stereocenters. The van der Waals surface area contributed by atoms with Crippen molar-refractivity contribution < 1.29 is 9.59 Å². The fraction of sp³-hybridized carbons (Fsp3) is 0.345. The zero-order valence-electron chi connectivity index (χ0n) is 21.2. The van der Waals surface area contributed by atoms with Crippen LogP contribution in [0.4, 0.5) is 0 Å². The SMILES string of the molecule is CC(C)(N)C(=O)N[C@H](Cc1cccc2ccccc12)C(=O)N1CCC(n2c(=O)[nH]c3ccccc32)CC1. The highest BCUT2D eigenvalue weighted by atomic mass is 16.2. The number of aromatic nitrogens is 2. The van der Waals surface area contributed by atoms with E-state index in [1.165, 1.54) is 0 Å². The molecule has 0 unspecified atom stereocenters. The number of hydrogen-bond donors (Lipinski definition) is 3. The van der Waals surface area contributed by atoms with Crippen LogP contribution in [0.1, 0.15) is 38.3 Å². The quantitative estimate of drug-likeness (QED) is 0.378. The number of amides is 2. The average molecular weight is 500 g/mol. The van der Waals surface area contributed by atoms with Crippen molar-refractivity contribution in [3.8, 4) is 0 Å². The number of likely N-dealkylation sites (tertiary alicyclic amines) is 1. The molecule has 2 heterocycles. The number of hydrogen-bond acceptors (Lipinski definition) is 4. The van der Waals surface area contributed by atoms with Gasteiger partial charge < -0.3 is 20.9 Å². The van der Waals surface area contributed by atoms with Crippen LogP contribution in [0.25, 0.3) is 21.8 Å². The summed E-state index contributed by atoms with van der Waals surface area (Å²) >= 11 is 0. The molecule has 4 aromatic rings. The maximum atomic E-state index is 13.8. The molecule has 1 aliphatic heterocycles. The maximum Gasteiger partial charge on any atom is 0.326 e. The van der Waals surface area contributed by atoms with Crippen molar-refractivity contribution in [3.05, 3.63) is 82.8 Å². The Morgan fingerprint density at radius 2 is 1.70 bits per heavy atom. The van der Waals surface area contributed by atoms with Gasteiger partial charge in [-0.25, -0.2) is 4.79 Å². The molecule has 37 heavy (non-hydrogen) atoms. The number of H-pyrrole nitrogens is 1. The highest BCUT2D eigenvalue weighted by Gasteiger charge is 2.33. The fourth-order valence-corrected chi connectivity index (χ4v) is 5.24. The van der Waals surface area contributed by atoms with Crippen LogP contribution in [0.15, 0.2) is 71.5 Å². The smallest absolute Gasteiger partial charge is 0.326 e. The van der Waals surface area contributed by atoms with Crippen molar-refractivity contribution in [3.63, 3.8) is 0 Å². The normalized spacial score (nSPS) is 15.7. The number of nitrogens with zero attached hydrogens (tertiary/aromatic N) is 2. The molecule has 5 rings (SSSR count). The molecule has 8 heteroatoms. The van der Waals surface area contributed by atoms with Gasteiger partial charge in [0.15, 0.2) is 0 Å². The fourth-order valence-electron chi connectivity index (χ4n) is 5.24. The minimum Gasteiger partial charge on any atom is -0.342 e. The lowest BCUT2D eigenvalue weighted by Gasteiger charge is -2.35.